The summed E-state index contributed by atoms with van der Waals surface area (Å²) in [7, 11) is -3.45. The van der Waals surface area contributed by atoms with Gasteiger partial charge in [0.1, 0.15) is 0 Å². The first kappa shape index (κ1) is 18.4. The first-order chi connectivity index (χ1) is 12.5. The van der Waals surface area contributed by atoms with Gasteiger partial charge >= 0.3 is 0 Å². The van der Waals surface area contributed by atoms with Gasteiger partial charge in [0.25, 0.3) is 0 Å². The fourth-order valence-corrected chi connectivity index (χ4v) is 4.02. The Balaban J connectivity index is 2.05. The van der Waals surface area contributed by atoms with Crippen molar-refractivity contribution in [3.05, 3.63) is 83.6 Å². The van der Waals surface area contributed by atoms with Crippen LogP contribution in [-0.4, -0.2) is 19.2 Å². The van der Waals surface area contributed by atoms with Crippen LogP contribution in [0.5, 0.6) is 0 Å². The van der Waals surface area contributed by atoms with Crippen LogP contribution in [0.4, 0.5) is 5.69 Å². The summed E-state index contributed by atoms with van der Waals surface area (Å²) in [5, 5.41) is 0.627. The van der Waals surface area contributed by atoms with Crippen LogP contribution in [-0.2, 0) is 16.6 Å². The Labute approximate surface area is 159 Å². The number of aromatic nitrogens is 1. The van der Waals surface area contributed by atoms with E-state index in [1.165, 1.54) is 4.31 Å². The van der Waals surface area contributed by atoms with Crippen LogP contribution in [0.25, 0.3) is 11.1 Å². The van der Waals surface area contributed by atoms with E-state index in [0.29, 0.717) is 10.7 Å². The Morgan fingerprint density at radius 1 is 1.04 bits per heavy atom. The summed E-state index contributed by atoms with van der Waals surface area (Å²) in [5.41, 5.74) is 3.17. The van der Waals surface area contributed by atoms with Gasteiger partial charge in [0, 0.05) is 23.0 Å². The van der Waals surface area contributed by atoms with Gasteiger partial charge in [-0.05, 0) is 42.3 Å². The minimum atomic E-state index is -3.45. The van der Waals surface area contributed by atoms with Crippen LogP contribution in [0.1, 0.15) is 12.5 Å². The first-order valence-electron chi connectivity index (χ1n) is 8.25. The average molecular weight is 387 g/mol. The van der Waals surface area contributed by atoms with Gasteiger partial charge in [-0.1, -0.05) is 48.0 Å². The number of hydrogen-bond acceptors (Lipinski definition) is 3. The number of rotatable bonds is 6. The summed E-state index contributed by atoms with van der Waals surface area (Å²) in [4.78, 5) is 4.08. The molecule has 0 bridgehead atoms. The minimum Gasteiger partial charge on any atom is -0.266 e. The smallest absolute Gasteiger partial charge is 0.235 e. The fraction of sp³-hybridized carbons (Fsp3) is 0.150. The number of sulfonamides is 1. The van der Waals surface area contributed by atoms with E-state index in [1.54, 1.807) is 31.5 Å². The molecule has 3 rings (SSSR count). The third-order valence-electron chi connectivity index (χ3n) is 4.07. The molecule has 0 amide bonds. The molecule has 0 N–H and O–H groups in total. The number of benzene rings is 2. The molecule has 1 aromatic heterocycles. The van der Waals surface area contributed by atoms with Gasteiger partial charge in [-0.25, -0.2) is 8.42 Å². The maximum atomic E-state index is 12.7. The van der Waals surface area contributed by atoms with Crippen molar-refractivity contribution in [2.24, 2.45) is 0 Å². The molecule has 4 nitrogen and oxygen atoms in total. The molecule has 1 heterocycles. The number of pyridine rings is 1. The molecule has 26 heavy (non-hydrogen) atoms. The normalized spacial score (nSPS) is 11.3. The zero-order valence-electron chi connectivity index (χ0n) is 14.3. The summed E-state index contributed by atoms with van der Waals surface area (Å²) < 4.78 is 26.8. The maximum absolute atomic E-state index is 12.7. The molecule has 0 aliphatic carbocycles. The molecule has 2 aromatic carbocycles. The van der Waals surface area contributed by atoms with E-state index in [4.69, 9.17) is 11.6 Å². The van der Waals surface area contributed by atoms with Crippen LogP contribution in [0.2, 0.25) is 5.02 Å². The van der Waals surface area contributed by atoms with E-state index in [2.05, 4.69) is 4.98 Å². The highest BCUT2D eigenvalue weighted by atomic mass is 35.5. The standard InChI is InChI=1S/C20H19ClN2O2S/c1-2-26(24,25)23(15-16-7-6-12-22-14-16)18-9-5-8-17(13-18)19-10-3-4-11-20(19)21/h3-14H,2,15H2,1H3. The predicted molar refractivity (Wildman–Crippen MR) is 107 cm³/mol. The van der Waals surface area contributed by atoms with Crippen LogP contribution in [0.15, 0.2) is 73.1 Å². The Kier molecular flexibility index (Phi) is 5.59. The van der Waals surface area contributed by atoms with Crippen LogP contribution in [0.3, 0.4) is 0 Å². The van der Waals surface area contributed by atoms with Crippen molar-refractivity contribution in [1.29, 1.82) is 0 Å². The molecule has 0 aliphatic heterocycles. The number of hydrogen-bond donors (Lipinski definition) is 0. The Bertz CT molecular complexity index is 991. The van der Waals surface area contributed by atoms with Gasteiger partial charge in [-0.2, -0.15) is 0 Å². The highest BCUT2D eigenvalue weighted by molar-refractivity contribution is 7.92. The molecular formula is C20H19ClN2O2S. The van der Waals surface area contributed by atoms with E-state index in [0.717, 1.165) is 16.7 Å². The third-order valence-corrected chi connectivity index (χ3v) is 6.14. The summed E-state index contributed by atoms with van der Waals surface area (Å²) in [6, 6.07) is 18.6. The number of anilines is 1. The van der Waals surface area contributed by atoms with Crippen molar-refractivity contribution in [3.63, 3.8) is 0 Å². The molecule has 0 unspecified atom stereocenters. The largest absolute Gasteiger partial charge is 0.266 e. The second-order valence-electron chi connectivity index (χ2n) is 5.80. The maximum Gasteiger partial charge on any atom is 0.235 e. The van der Waals surface area contributed by atoms with Gasteiger partial charge in [-0.15, -0.1) is 0 Å². The lowest BCUT2D eigenvalue weighted by atomic mass is 10.1. The molecule has 0 spiro atoms. The molecule has 6 heteroatoms. The van der Waals surface area contributed by atoms with Gasteiger partial charge < -0.3 is 0 Å². The molecular weight excluding hydrogens is 368 g/mol. The van der Waals surface area contributed by atoms with Crippen LogP contribution >= 0.6 is 11.6 Å². The van der Waals surface area contributed by atoms with Crippen molar-refractivity contribution in [2.75, 3.05) is 10.1 Å². The molecule has 134 valence electrons. The Morgan fingerprint density at radius 3 is 2.54 bits per heavy atom. The highest BCUT2D eigenvalue weighted by Crippen LogP contribution is 2.31. The van der Waals surface area contributed by atoms with E-state index >= 15 is 0 Å². The lowest BCUT2D eigenvalue weighted by molar-refractivity contribution is 0.591. The molecule has 0 atom stereocenters. The average Bonchev–Trinajstić information content (AvgIpc) is 2.67. The predicted octanol–water partition coefficient (Wildman–Crippen LogP) is 4.76. The molecule has 0 fully saturated rings. The lowest BCUT2D eigenvalue weighted by Gasteiger charge is -2.24. The van der Waals surface area contributed by atoms with E-state index in [-0.39, 0.29) is 12.3 Å². The van der Waals surface area contributed by atoms with Crippen molar-refractivity contribution >= 4 is 27.3 Å². The summed E-state index contributed by atoms with van der Waals surface area (Å²) >= 11 is 6.30. The van der Waals surface area contributed by atoms with E-state index in [9.17, 15) is 8.42 Å². The topological polar surface area (TPSA) is 50.3 Å². The van der Waals surface area contributed by atoms with Crippen molar-refractivity contribution < 1.29 is 8.42 Å². The minimum absolute atomic E-state index is 0.0174. The first-order valence-corrected chi connectivity index (χ1v) is 10.2. The van der Waals surface area contributed by atoms with E-state index in [1.807, 2.05) is 48.5 Å². The summed E-state index contributed by atoms with van der Waals surface area (Å²) in [6.45, 7) is 1.87. The Hall–Kier alpha value is -2.37. The van der Waals surface area contributed by atoms with Gasteiger partial charge in [0.05, 0.1) is 18.0 Å². The SMILES string of the molecule is CCS(=O)(=O)N(Cc1cccnc1)c1cccc(-c2ccccc2Cl)c1. The van der Waals surface area contributed by atoms with Crippen molar-refractivity contribution in [1.82, 2.24) is 4.98 Å². The molecule has 0 saturated carbocycles. The number of halogens is 1. The van der Waals surface area contributed by atoms with Crippen LogP contribution in [0, 0.1) is 0 Å². The van der Waals surface area contributed by atoms with Gasteiger partial charge in [0.15, 0.2) is 0 Å². The van der Waals surface area contributed by atoms with E-state index < -0.39 is 10.0 Å². The molecule has 3 aromatic rings. The second kappa shape index (κ2) is 7.89. The van der Waals surface area contributed by atoms with Crippen molar-refractivity contribution in [2.45, 2.75) is 13.5 Å². The third kappa shape index (κ3) is 4.06. The van der Waals surface area contributed by atoms with Crippen LogP contribution < -0.4 is 4.31 Å². The summed E-state index contributed by atoms with van der Waals surface area (Å²) in [6.07, 6.45) is 3.34. The highest BCUT2D eigenvalue weighted by Gasteiger charge is 2.21. The molecule has 0 radical (unpaired) electrons. The second-order valence-corrected chi connectivity index (χ2v) is 8.39. The molecule has 0 aliphatic rings. The lowest BCUT2D eigenvalue weighted by Crippen LogP contribution is -2.31. The van der Waals surface area contributed by atoms with Crippen molar-refractivity contribution in [3.8, 4) is 11.1 Å². The quantitative estimate of drug-likeness (QED) is 0.613. The van der Waals surface area contributed by atoms with Gasteiger partial charge in [-0.3, -0.25) is 9.29 Å². The summed E-state index contributed by atoms with van der Waals surface area (Å²) in [5.74, 6) is 0.0174. The molecule has 0 saturated heterocycles. The fourth-order valence-electron chi connectivity index (χ4n) is 2.69. The van der Waals surface area contributed by atoms with Gasteiger partial charge in [0.2, 0.25) is 10.0 Å². The Morgan fingerprint density at radius 2 is 1.85 bits per heavy atom. The monoisotopic (exact) mass is 386 g/mol. The zero-order valence-corrected chi connectivity index (χ0v) is 15.9. The number of nitrogens with zero attached hydrogens (tertiary/aromatic N) is 2. The zero-order chi connectivity index (χ0) is 18.6.